The summed E-state index contributed by atoms with van der Waals surface area (Å²) >= 11 is 0. The van der Waals surface area contributed by atoms with Crippen molar-refractivity contribution in [1.29, 1.82) is 0 Å². The Bertz CT molecular complexity index is 1270. The molecule has 7 nitrogen and oxygen atoms in total. The third kappa shape index (κ3) is 4.43. The molecule has 4 aromatic rings. The van der Waals surface area contributed by atoms with E-state index in [9.17, 15) is 18.0 Å². The Kier molecular flexibility index (Phi) is 5.15. The number of benzene rings is 1. The maximum absolute atomic E-state index is 13.2. The predicted octanol–water partition coefficient (Wildman–Crippen LogP) is 5.95. The molecule has 1 aromatic carbocycles. The van der Waals surface area contributed by atoms with Crippen LogP contribution in [0.4, 0.5) is 29.5 Å². The van der Waals surface area contributed by atoms with Crippen LogP contribution in [-0.2, 0) is 11.6 Å². The molecule has 3 aromatic heterocycles. The first-order valence-electron chi connectivity index (χ1n) is 9.71. The van der Waals surface area contributed by atoms with Gasteiger partial charge in [0.05, 0.1) is 11.3 Å². The highest BCUT2D eigenvalue weighted by atomic mass is 19.4. The van der Waals surface area contributed by atoms with Crippen molar-refractivity contribution in [3.63, 3.8) is 0 Å². The number of carbonyl (C=O) groups is 1. The summed E-state index contributed by atoms with van der Waals surface area (Å²) in [6, 6.07) is 10.1. The quantitative estimate of drug-likeness (QED) is 0.410. The zero-order chi connectivity index (χ0) is 23.1. The third-order valence-electron chi connectivity index (χ3n) is 4.72. The van der Waals surface area contributed by atoms with Gasteiger partial charge in [-0.05, 0) is 24.3 Å². The maximum Gasteiger partial charge on any atom is 0.419 e. The molecule has 0 saturated heterocycles. The minimum absolute atomic E-state index is 0.168. The number of amides is 2. The largest absolute Gasteiger partial charge is 0.419 e. The van der Waals surface area contributed by atoms with Crippen molar-refractivity contribution in [3.8, 4) is 11.3 Å². The number of hydrogen-bond acceptors (Lipinski definition) is 4. The summed E-state index contributed by atoms with van der Waals surface area (Å²) in [5.41, 5.74) is 0.278. The van der Waals surface area contributed by atoms with E-state index in [1.54, 1.807) is 30.3 Å². The fraction of sp³-hybridized carbons (Fsp3) is 0.227. The molecule has 32 heavy (non-hydrogen) atoms. The number of hydrogen-bond donors (Lipinski definition) is 2. The fourth-order valence-electron chi connectivity index (χ4n) is 3.06. The van der Waals surface area contributed by atoms with Crippen molar-refractivity contribution in [2.24, 2.45) is 0 Å². The van der Waals surface area contributed by atoms with Gasteiger partial charge in [-0.1, -0.05) is 38.1 Å². The number of nitrogens with zero attached hydrogens (tertiary/aromatic N) is 3. The zero-order valence-electron chi connectivity index (χ0n) is 17.5. The molecule has 3 heterocycles. The average Bonchev–Trinajstić information content (AvgIpc) is 3.34. The Morgan fingerprint density at radius 1 is 1.06 bits per heavy atom. The minimum atomic E-state index is -4.50. The minimum Gasteiger partial charge on any atom is -0.359 e. The van der Waals surface area contributed by atoms with E-state index in [0.29, 0.717) is 22.7 Å². The van der Waals surface area contributed by atoms with E-state index in [1.807, 2.05) is 20.8 Å². The lowest BCUT2D eigenvalue weighted by Gasteiger charge is -2.12. The second-order valence-electron chi connectivity index (χ2n) is 8.26. The maximum atomic E-state index is 13.2. The number of halogens is 3. The van der Waals surface area contributed by atoms with Crippen LogP contribution in [0.3, 0.4) is 0 Å². The molecular weight excluding hydrogens is 423 g/mol. The first-order valence-corrected chi connectivity index (χ1v) is 9.71. The van der Waals surface area contributed by atoms with Gasteiger partial charge in [0.1, 0.15) is 11.4 Å². The first-order chi connectivity index (χ1) is 15.0. The predicted molar refractivity (Wildman–Crippen MR) is 113 cm³/mol. The number of nitrogens with one attached hydrogen (secondary N) is 2. The lowest BCUT2D eigenvalue weighted by Crippen LogP contribution is -2.19. The van der Waals surface area contributed by atoms with Crippen molar-refractivity contribution in [3.05, 3.63) is 66.2 Å². The van der Waals surface area contributed by atoms with Crippen LogP contribution in [0.25, 0.3) is 16.9 Å². The van der Waals surface area contributed by atoms with E-state index in [1.165, 1.54) is 22.9 Å². The fourth-order valence-corrected chi connectivity index (χ4v) is 3.06. The summed E-state index contributed by atoms with van der Waals surface area (Å²) in [7, 11) is 0. The van der Waals surface area contributed by atoms with Gasteiger partial charge >= 0.3 is 12.2 Å². The van der Waals surface area contributed by atoms with Gasteiger partial charge in [0, 0.05) is 35.1 Å². The van der Waals surface area contributed by atoms with Crippen LogP contribution in [0.2, 0.25) is 0 Å². The van der Waals surface area contributed by atoms with Gasteiger partial charge in [-0.25, -0.2) is 9.78 Å². The number of anilines is 2. The van der Waals surface area contributed by atoms with E-state index >= 15 is 0 Å². The molecule has 0 spiro atoms. The number of urea groups is 1. The molecule has 2 N–H and O–H groups in total. The number of rotatable bonds is 3. The Labute approximate surface area is 181 Å². The molecule has 0 aliphatic carbocycles. The molecule has 0 bridgehead atoms. The first kappa shape index (κ1) is 21.4. The number of carbonyl (C=O) groups excluding carboxylic acids is 1. The number of alkyl halides is 3. The Morgan fingerprint density at radius 2 is 1.78 bits per heavy atom. The topological polar surface area (TPSA) is 84.5 Å². The molecule has 10 heteroatoms. The molecule has 0 fully saturated rings. The van der Waals surface area contributed by atoms with Crippen LogP contribution in [0.5, 0.6) is 0 Å². The summed E-state index contributed by atoms with van der Waals surface area (Å²) in [5.74, 6) is 0.924. The van der Waals surface area contributed by atoms with E-state index in [-0.39, 0.29) is 16.9 Å². The molecule has 0 radical (unpaired) electrons. The van der Waals surface area contributed by atoms with Crippen molar-refractivity contribution in [2.45, 2.75) is 32.4 Å². The van der Waals surface area contributed by atoms with Gasteiger partial charge in [0.2, 0.25) is 0 Å². The molecule has 166 valence electrons. The Hall–Kier alpha value is -3.82. The van der Waals surface area contributed by atoms with Gasteiger partial charge < -0.3 is 14.2 Å². The molecule has 2 amide bonds. The third-order valence-corrected chi connectivity index (χ3v) is 4.72. The van der Waals surface area contributed by atoms with Crippen LogP contribution >= 0.6 is 0 Å². The van der Waals surface area contributed by atoms with E-state index < -0.39 is 17.8 Å². The van der Waals surface area contributed by atoms with Crippen LogP contribution in [0, 0.1) is 0 Å². The summed E-state index contributed by atoms with van der Waals surface area (Å²) in [6.45, 7) is 5.89. The second-order valence-corrected chi connectivity index (χ2v) is 8.26. The summed E-state index contributed by atoms with van der Waals surface area (Å²) < 4.78 is 46.2. The van der Waals surface area contributed by atoms with Crippen LogP contribution in [0.15, 0.2) is 59.4 Å². The van der Waals surface area contributed by atoms with Crippen LogP contribution in [0.1, 0.15) is 32.1 Å². The standard InChI is InChI=1S/C22H20F3N5O2/c1-21(2,3)17-11-18(29-32-17)28-20(31)26-14-8-6-13(7-9-14)16-12-30-10-4-5-15(19(30)27-16)22(23,24)25/h4-12H,1-3H3,(H2,26,28,29,31). The second kappa shape index (κ2) is 7.70. The van der Waals surface area contributed by atoms with E-state index in [2.05, 4.69) is 20.8 Å². The van der Waals surface area contributed by atoms with Crippen LogP contribution in [-0.4, -0.2) is 20.6 Å². The van der Waals surface area contributed by atoms with Gasteiger partial charge in [-0.3, -0.25) is 5.32 Å². The smallest absolute Gasteiger partial charge is 0.359 e. The molecule has 0 aliphatic rings. The highest BCUT2D eigenvalue weighted by molar-refractivity contribution is 5.99. The summed E-state index contributed by atoms with van der Waals surface area (Å²) in [4.78, 5) is 16.4. The van der Waals surface area contributed by atoms with Crippen molar-refractivity contribution >= 4 is 23.2 Å². The number of pyridine rings is 1. The number of fused-ring (bicyclic) bond motifs is 1. The van der Waals surface area contributed by atoms with E-state index in [4.69, 9.17) is 4.52 Å². The van der Waals surface area contributed by atoms with Gasteiger partial charge in [-0.2, -0.15) is 13.2 Å². The highest BCUT2D eigenvalue weighted by Gasteiger charge is 2.33. The lowest BCUT2D eigenvalue weighted by molar-refractivity contribution is -0.136. The molecule has 0 saturated carbocycles. The molecule has 0 atom stereocenters. The van der Waals surface area contributed by atoms with E-state index in [0.717, 1.165) is 6.07 Å². The summed E-state index contributed by atoms with van der Waals surface area (Å²) in [6.07, 6.45) is -1.46. The number of aromatic nitrogens is 3. The summed E-state index contributed by atoms with van der Waals surface area (Å²) in [5, 5.41) is 9.08. The van der Waals surface area contributed by atoms with Gasteiger partial charge in [0.15, 0.2) is 5.82 Å². The van der Waals surface area contributed by atoms with Gasteiger partial charge in [-0.15, -0.1) is 0 Å². The molecule has 4 rings (SSSR count). The molecule has 0 unspecified atom stereocenters. The van der Waals surface area contributed by atoms with Crippen molar-refractivity contribution < 1.29 is 22.5 Å². The molecular formula is C22H20F3N5O2. The Balaban J connectivity index is 1.47. The van der Waals surface area contributed by atoms with Crippen molar-refractivity contribution in [2.75, 3.05) is 10.6 Å². The van der Waals surface area contributed by atoms with Crippen LogP contribution < -0.4 is 10.6 Å². The SMILES string of the molecule is CC(C)(C)c1cc(NC(=O)Nc2ccc(-c3cn4cccc(C(F)(F)F)c4n3)cc2)no1. The normalized spacial score (nSPS) is 12.2. The van der Waals surface area contributed by atoms with Gasteiger partial charge in [0.25, 0.3) is 0 Å². The van der Waals surface area contributed by atoms with Crippen molar-refractivity contribution in [1.82, 2.24) is 14.5 Å². The zero-order valence-corrected chi connectivity index (χ0v) is 17.5. The highest BCUT2D eigenvalue weighted by Crippen LogP contribution is 2.33. The molecule has 0 aliphatic heterocycles. The average molecular weight is 443 g/mol. The number of imidazole rings is 1. The Morgan fingerprint density at radius 3 is 2.41 bits per heavy atom. The monoisotopic (exact) mass is 443 g/mol. The lowest BCUT2D eigenvalue weighted by atomic mass is 9.93.